The van der Waals surface area contributed by atoms with E-state index in [1.165, 1.54) is 67.8 Å². The molecule has 0 fully saturated rings. The summed E-state index contributed by atoms with van der Waals surface area (Å²) in [4.78, 5) is 12.6. The predicted molar refractivity (Wildman–Crippen MR) is 141 cm³/mol. The van der Waals surface area contributed by atoms with Gasteiger partial charge in [0.1, 0.15) is 15.5 Å². The first-order chi connectivity index (χ1) is 18.2. The van der Waals surface area contributed by atoms with Crippen LogP contribution in [0.5, 0.6) is 17.2 Å². The van der Waals surface area contributed by atoms with Crippen LogP contribution in [-0.4, -0.2) is 30.0 Å². The second kappa shape index (κ2) is 11.2. The maximum atomic E-state index is 12.8. The van der Waals surface area contributed by atoms with Crippen LogP contribution in [0.25, 0.3) is 0 Å². The van der Waals surface area contributed by atoms with Crippen LogP contribution in [0.3, 0.4) is 0 Å². The molecule has 0 radical (unpaired) electrons. The molecular formula is C26H22N2O8S2. The van der Waals surface area contributed by atoms with Crippen molar-refractivity contribution in [3.05, 3.63) is 103 Å². The molecular weight excluding hydrogens is 532 g/mol. The highest BCUT2D eigenvalue weighted by Crippen LogP contribution is 2.30. The van der Waals surface area contributed by atoms with Crippen LogP contribution in [-0.2, 0) is 20.2 Å². The summed E-state index contributed by atoms with van der Waals surface area (Å²) in [5.41, 5.74) is 0.117. The van der Waals surface area contributed by atoms with Gasteiger partial charge in [0.25, 0.3) is 0 Å². The zero-order valence-electron chi connectivity index (χ0n) is 19.9. The van der Waals surface area contributed by atoms with E-state index >= 15 is 0 Å². The number of hydrogen-bond acceptors (Lipinski definition) is 8. The van der Waals surface area contributed by atoms with E-state index in [2.05, 4.69) is 10.6 Å². The van der Waals surface area contributed by atoms with Crippen LogP contribution in [0, 0.1) is 0 Å². The van der Waals surface area contributed by atoms with E-state index in [1.807, 2.05) is 0 Å². The summed E-state index contributed by atoms with van der Waals surface area (Å²) < 4.78 is 66.3. The van der Waals surface area contributed by atoms with Gasteiger partial charge in [-0.15, -0.1) is 0 Å². The lowest BCUT2D eigenvalue weighted by molar-refractivity contribution is 0.262. The lowest BCUT2D eigenvalue weighted by Crippen LogP contribution is -2.21. The number of para-hydroxylation sites is 4. The Bertz CT molecular complexity index is 1640. The van der Waals surface area contributed by atoms with Crippen molar-refractivity contribution in [2.45, 2.75) is 9.79 Å². The number of amides is 2. The standard InChI is InChI=1S/C26H22N2O8S2/c1-34-19-15-17-21(18-16-19)38(32,33)36-25-14-8-6-12-23(25)28-26(29)27-22-11-5-7-13-24(22)35-37(30,31)20-9-3-2-4-10-20/h2-18H,1H3,(H2,27,28,29). The van der Waals surface area contributed by atoms with Gasteiger partial charge in [-0.1, -0.05) is 42.5 Å². The van der Waals surface area contributed by atoms with Gasteiger partial charge >= 0.3 is 26.3 Å². The SMILES string of the molecule is COc1ccc(S(=O)(=O)Oc2ccccc2NC(=O)Nc2ccccc2OS(=O)(=O)c2ccccc2)cc1. The van der Waals surface area contributed by atoms with Crippen LogP contribution in [0.2, 0.25) is 0 Å². The molecule has 4 aromatic rings. The summed E-state index contributed by atoms with van der Waals surface area (Å²) in [6.45, 7) is 0. The zero-order chi connectivity index (χ0) is 27.2. The van der Waals surface area contributed by atoms with Crippen LogP contribution in [0.1, 0.15) is 0 Å². The van der Waals surface area contributed by atoms with Crippen molar-refractivity contribution < 1.29 is 34.7 Å². The molecule has 0 heterocycles. The Labute approximate surface area is 220 Å². The van der Waals surface area contributed by atoms with E-state index in [0.717, 1.165) is 0 Å². The molecule has 0 aliphatic carbocycles. The van der Waals surface area contributed by atoms with Gasteiger partial charge in [-0.2, -0.15) is 16.8 Å². The number of urea groups is 1. The fourth-order valence-corrected chi connectivity index (χ4v) is 5.14. The van der Waals surface area contributed by atoms with Crippen LogP contribution < -0.4 is 23.7 Å². The molecule has 0 aliphatic heterocycles. The first-order valence-electron chi connectivity index (χ1n) is 11.0. The number of ether oxygens (including phenoxy) is 1. The molecule has 10 nitrogen and oxygen atoms in total. The first kappa shape index (κ1) is 26.5. The highest BCUT2D eigenvalue weighted by Gasteiger charge is 2.21. The normalized spacial score (nSPS) is 11.3. The topological polar surface area (TPSA) is 137 Å². The number of nitrogens with one attached hydrogen (secondary N) is 2. The lowest BCUT2D eigenvalue weighted by atomic mass is 10.3. The van der Waals surface area contributed by atoms with Crippen LogP contribution in [0.4, 0.5) is 16.2 Å². The third-order valence-corrected chi connectivity index (χ3v) is 7.55. The summed E-state index contributed by atoms with van der Waals surface area (Å²) in [5, 5.41) is 5.02. The molecule has 4 aromatic carbocycles. The molecule has 0 saturated heterocycles. The molecule has 0 bridgehead atoms. The van der Waals surface area contributed by atoms with E-state index in [9.17, 15) is 21.6 Å². The molecule has 0 atom stereocenters. The number of methoxy groups -OCH3 is 1. The van der Waals surface area contributed by atoms with Gasteiger partial charge < -0.3 is 23.7 Å². The summed E-state index contributed by atoms with van der Waals surface area (Å²) in [6.07, 6.45) is 0. The average Bonchev–Trinajstić information content (AvgIpc) is 2.91. The van der Waals surface area contributed by atoms with Crippen molar-refractivity contribution in [2.75, 3.05) is 17.7 Å². The maximum absolute atomic E-state index is 12.8. The van der Waals surface area contributed by atoms with E-state index in [-0.39, 0.29) is 32.7 Å². The smallest absolute Gasteiger partial charge is 0.339 e. The van der Waals surface area contributed by atoms with Crippen molar-refractivity contribution in [2.24, 2.45) is 0 Å². The van der Waals surface area contributed by atoms with Crippen LogP contribution >= 0.6 is 0 Å². The monoisotopic (exact) mass is 554 g/mol. The van der Waals surface area contributed by atoms with Crippen LogP contribution in [0.15, 0.2) is 113 Å². The Morgan fingerprint density at radius 3 is 1.47 bits per heavy atom. The molecule has 0 spiro atoms. The molecule has 0 aromatic heterocycles. The van der Waals surface area contributed by atoms with E-state index < -0.39 is 26.3 Å². The van der Waals surface area contributed by atoms with Crippen molar-refractivity contribution in [1.29, 1.82) is 0 Å². The second-order valence-electron chi connectivity index (χ2n) is 7.63. The summed E-state index contributed by atoms with van der Waals surface area (Å²) in [5.74, 6) is 0.233. The third-order valence-electron chi connectivity index (χ3n) is 5.05. The van der Waals surface area contributed by atoms with Gasteiger partial charge in [0.15, 0.2) is 11.5 Å². The number of carbonyl (C=O) groups is 1. The van der Waals surface area contributed by atoms with Gasteiger partial charge in [0.2, 0.25) is 0 Å². The molecule has 2 N–H and O–H groups in total. The number of anilines is 2. The molecule has 196 valence electrons. The molecule has 4 rings (SSSR count). The fourth-order valence-electron chi connectivity index (χ4n) is 3.22. The van der Waals surface area contributed by atoms with Gasteiger partial charge in [-0.05, 0) is 60.7 Å². The Balaban J connectivity index is 1.50. The Kier molecular flexibility index (Phi) is 7.84. The number of carbonyl (C=O) groups excluding carboxylic acids is 1. The van der Waals surface area contributed by atoms with E-state index in [0.29, 0.717) is 5.75 Å². The summed E-state index contributed by atoms with van der Waals surface area (Å²) in [7, 11) is -6.92. The minimum absolute atomic E-state index is 0.0524. The number of rotatable bonds is 9. The highest BCUT2D eigenvalue weighted by molar-refractivity contribution is 7.87. The lowest BCUT2D eigenvalue weighted by Gasteiger charge is -2.15. The summed E-state index contributed by atoms with van der Waals surface area (Å²) in [6, 6.07) is 24.3. The van der Waals surface area contributed by atoms with Gasteiger partial charge in [0.05, 0.1) is 18.5 Å². The third kappa shape index (κ3) is 6.41. The minimum atomic E-state index is -4.22. The predicted octanol–water partition coefficient (Wildman–Crippen LogP) is 4.87. The number of hydrogen-bond donors (Lipinski definition) is 2. The van der Waals surface area contributed by atoms with E-state index in [1.54, 1.807) is 42.5 Å². The molecule has 0 aliphatic rings. The maximum Gasteiger partial charge on any atom is 0.339 e. The van der Waals surface area contributed by atoms with Gasteiger partial charge in [-0.25, -0.2) is 4.79 Å². The fraction of sp³-hybridized carbons (Fsp3) is 0.0385. The van der Waals surface area contributed by atoms with Crippen molar-refractivity contribution in [1.82, 2.24) is 0 Å². The Morgan fingerprint density at radius 1 is 0.579 bits per heavy atom. The van der Waals surface area contributed by atoms with Crippen molar-refractivity contribution in [3.63, 3.8) is 0 Å². The minimum Gasteiger partial charge on any atom is -0.497 e. The molecule has 0 unspecified atom stereocenters. The highest BCUT2D eigenvalue weighted by atomic mass is 32.2. The zero-order valence-corrected chi connectivity index (χ0v) is 21.5. The van der Waals surface area contributed by atoms with E-state index in [4.69, 9.17) is 13.1 Å². The Hall–Kier alpha value is -4.55. The number of benzene rings is 4. The van der Waals surface area contributed by atoms with Crippen molar-refractivity contribution in [3.8, 4) is 17.2 Å². The second-order valence-corrected chi connectivity index (χ2v) is 10.7. The Morgan fingerprint density at radius 2 is 1.00 bits per heavy atom. The largest absolute Gasteiger partial charge is 0.497 e. The average molecular weight is 555 g/mol. The summed E-state index contributed by atoms with van der Waals surface area (Å²) >= 11 is 0. The van der Waals surface area contributed by atoms with Gasteiger partial charge in [0, 0.05) is 0 Å². The van der Waals surface area contributed by atoms with Gasteiger partial charge in [-0.3, -0.25) is 0 Å². The molecule has 38 heavy (non-hydrogen) atoms. The molecule has 0 saturated carbocycles. The van der Waals surface area contributed by atoms with Crippen molar-refractivity contribution >= 4 is 37.6 Å². The molecule has 12 heteroatoms. The first-order valence-corrected chi connectivity index (χ1v) is 13.8. The molecule has 2 amide bonds. The quantitative estimate of drug-likeness (QED) is 0.280.